The van der Waals surface area contributed by atoms with Crippen molar-refractivity contribution in [2.24, 2.45) is 5.10 Å². The van der Waals surface area contributed by atoms with Crippen molar-refractivity contribution in [2.45, 2.75) is 20.5 Å². The minimum Gasteiger partial charge on any atom is -0.490 e. The second-order valence-electron chi connectivity index (χ2n) is 7.24. The van der Waals surface area contributed by atoms with E-state index in [2.05, 4.69) is 35.8 Å². The third-order valence-electron chi connectivity index (χ3n) is 4.83. The number of hydrogen-bond acceptors (Lipinski definition) is 10. The molecule has 12 nitrogen and oxygen atoms in total. The summed E-state index contributed by atoms with van der Waals surface area (Å²) in [6.07, 6.45) is 1.41. The van der Waals surface area contributed by atoms with E-state index in [9.17, 15) is 9.18 Å². The Labute approximate surface area is 208 Å². The van der Waals surface area contributed by atoms with Crippen molar-refractivity contribution < 1.29 is 23.3 Å². The predicted molar refractivity (Wildman–Crippen MR) is 127 cm³/mol. The van der Waals surface area contributed by atoms with Gasteiger partial charge in [-0.2, -0.15) is 9.78 Å². The number of nitrogens with one attached hydrogen (secondary N) is 1. The van der Waals surface area contributed by atoms with Gasteiger partial charge in [0.2, 0.25) is 11.6 Å². The van der Waals surface area contributed by atoms with Crippen LogP contribution in [0, 0.1) is 12.7 Å². The van der Waals surface area contributed by atoms with Gasteiger partial charge in [0.1, 0.15) is 12.4 Å². The van der Waals surface area contributed by atoms with Crippen molar-refractivity contribution in [2.75, 3.05) is 12.3 Å². The van der Waals surface area contributed by atoms with Crippen LogP contribution in [-0.4, -0.2) is 44.0 Å². The molecule has 4 aromatic rings. The Morgan fingerprint density at radius 1 is 1.28 bits per heavy atom. The zero-order chi connectivity index (χ0) is 25.7. The number of rotatable bonds is 9. The maximum absolute atomic E-state index is 14.0. The molecule has 0 fully saturated rings. The largest absolute Gasteiger partial charge is 0.490 e. The molecule has 0 atom stereocenters. The number of ether oxygens (including phenoxy) is 2. The van der Waals surface area contributed by atoms with E-state index in [0.29, 0.717) is 29.4 Å². The molecular formula is C22H20ClFN8O4. The van der Waals surface area contributed by atoms with Crippen LogP contribution in [0.1, 0.15) is 34.2 Å². The predicted octanol–water partition coefficient (Wildman–Crippen LogP) is 3.08. The van der Waals surface area contributed by atoms with Gasteiger partial charge in [-0.15, -0.1) is 5.10 Å². The molecule has 2 heterocycles. The van der Waals surface area contributed by atoms with E-state index in [0.717, 1.165) is 4.68 Å². The third-order valence-corrected chi connectivity index (χ3v) is 5.19. The lowest BCUT2D eigenvalue weighted by Crippen LogP contribution is -2.22. The summed E-state index contributed by atoms with van der Waals surface area (Å²) >= 11 is 6.07. The highest BCUT2D eigenvalue weighted by atomic mass is 35.5. The van der Waals surface area contributed by atoms with Crippen molar-refractivity contribution in [1.29, 1.82) is 0 Å². The molecule has 1 amide bonds. The topological polar surface area (TPSA) is 156 Å². The molecule has 0 spiro atoms. The van der Waals surface area contributed by atoms with Gasteiger partial charge < -0.3 is 15.2 Å². The van der Waals surface area contributed by atoms with Crippen molar-refractivity contribution in [3.8, 4) is 17.3 Å². The molecule has 0 aliphatic rings. The highest BCUT2D eigenvalue weighted by molar-refractivity contribution is 6.31. The molecule has 186 valence electrons. The first-order valence-corrected chi connectivity index (χ1v) is 10.9. The van der Waals surface area contributed by atoms with E-state index in [1.165, 1.54) is 18.3 Å². The van der Waals surface area contributed by atoms with E-state index in [-0.39, 0.29) is 34.5 Å². The zero-order valence-corrected chi connectivity index (χ0v) is 19.9. The highest BCUT2D eigenvalue weighted by Crippen LogP contribution is 2.30. The number of aryl methyl sites for hydroxylation is 1. The fourth-order valence-electron chi connectivity index (χ4n) is 3.13. The van der Waals surface area contributed by atoms with Crippen molar-refractivity contribution in [1.82, 2.24) is 30.7 Å². The van der Waals surface area contributed by atoms with Crippen LogP contribution < -0.4 is 20.6 Å². The van der Waals surface area contributed by atoms with Crippen LogP contribution >= 0.6 is 11.6 Å². The molecule has 0 aliphatic heterocycles. The summed E-state index contributed by atoms with van der Waals surface area (Å²) in [6.45, 7) is 3.69. The van der Waals surface area contributed by atoms with Gasteiger partial charge in [-0.3, -0.25) is 4.79 Å². The van der Waals surface area contributed by atoms with Gasteiger partial charge in [0, 0.05) is 5.56 Å². The maximum Gasteiger partial charge on any atom is 0.292 e. The minimum absolute atomic E-state index is 0.0262. The van der Waals surface area contributed by atoms with Gasteiger partial charge in [-0.25, -0.2) is 14.4 Å². The normalized spacial score (nSPS) is 11.1. The molecule has 0 unspecified atom stereocenters. The number of anilines is 1. The number of benzene rings is 2. The summed E-state index contributed by atoms with van der Waals surface area (Å²) in [4.78, 5) is 12.7. The smallest absolute Gasteiger partial charge is 0.292 e. The lowest BCUT2D eigenvalue weighted by Gasteiger charge is -2.13. The van der Waals surface area contributed by atoms with Crippen LogP contribution in [-0.2, 0) is 6.61 Å². The SMILES string of the molecule is CCOc1cc(/C=N/NC(=O)c2c(C)nnn2-c2nonc2N)ccc1OCc1c(F)cccc1Cl. The fourth-order valence-corrected chi connectivity index (χ4v) is 3.35. The second-order valence-corrected chi connectivity index (χ2v) is 7.64. The van der Waals surface area contributed by atoms with Gasteiger partial charge in [-0.1, -0.05) is 22.9 Å². The fraction of sp³-hybridized carbons (Fsp3) is 0.182. The summed E-state index contributed by atoms with van der Waals surface area (Å²) in [7, 11) is 0. The van der Waals surface area contributed by atoms with Crippen LogP contribution in [0.2, 0.25) is 5.02 Å². The summed E-state index contributed by atoms with van der Waals surface area (Å²) < 4.78 is 31.1. The number of carbonyl (C=O) groups excluding carboxylic acids is 1. The molecule has 2 aromatic carbocycles. The van der Waals surface area contributed by atoms with Crippen molar-refractivity contribution in [3.63, 3.8) is 0 Å². The number of amides is 1. The quantitative estimate of drug-likeness (QED) is 0.253. The summed E-state index contributed by atoms with van der Waals surface area (Å²) in [5, 5.41) is 19.1. The second kappa shape index (κ2) is 10.8. The first-order chi connectivity index (χ1) is 17.4. The third kappa shape index (κ3) is 5.25. The Balaban J connectivity index is 1.47. The molecule has 3 N–H and O–H groups in total. The first kappa shape index (κ1) is 24.6. The van der Waals surface area contributed by atoms with E-state index in [4.69, 9.17) is 26.8 Å². The Morgan fingerprint density at radius 3 is 2.83 bits per heavy atom. The van der Waals surface area contributed by atoms with E-state index >= 15 is 0 Å². The number of aromatic nitrogens is 5. The molecule has 0 bridgehead atoms. The average molecular weight is 515 g/mol. The highest BCUT2D eigenvalue weighted by Gasteiger charge is 2.22. The molecule has 0 aliphatic carbocycles. The molecule has 0 saturated carbocycles. The molecule has 4 rings (SSSR count). The molecule has 2 aromatic heterocycles. The lowest BCUT2D eigenvalue weighted by molar-refractivity contribution is 0.0946. The number of halogens is 2. The lowest BCUT2D eigenvalue weighted by atomic mass is 10.2. The van der Waals surface area contributed by atoms with Gasteiger partial charge in [-0.05, 0) is 60.1 Å². The number of hydrazone groups is 1. The van der Waals surface area contributed by atoms with Crippen molar-refractivity contribution in [3.05, 3.63) is 69.8 Å². The number of nitrogens with two attached hydrogens (primary N) is 1. The van der Waals surface area contributed by atoms with Gasteiger partial charge in [0.05, 0.1) is 23.5 Å². The van der Waals surface area contributed by atoms with E-state index in [1.54, 1.807) is 31.2 Å². The molecule has 14 heteroatoms. The Morgan fingerprint density at radius 2 is 2.11 bits per heavy atom. The first-order valence-electron chi connectivity index (χ1n) is 10.6. The van der Waals surface area contributed by atoms with Crippen LogP contribution in [0.4, 0.5) is 10.2 Å². The standard InChI is InChI=1S/C22H20ClFN8O4/c1-3-34-18-9-13(7-8-17(18)35-11-14-15(23)5-4-6-16(14)24)10-26-28-22(33)19-12(2)27-31-32(19)21-20(25)29-36-30-21/h4-10H,3,11H2,1-2H3,(H2,25,29)(H,28,33)/b26-10+. The van der Waals surface area contributed by atoms with Crippen molar-refractivity contribution >= 4 is 29.5 Å². The number of nitrogen functional groups attached to an aromatic ring is 1. The minimum atomic E-state index is -0.608. The van der Waals surface area contributed by atoms with Gasteiger partial charge in [0.15, 0.2) is 17.2 Å². The van der Waals surface area contributed by atoms with Crippen LogP contribution in [0.25, 0.3) is 5.82 Å². The van der Waals surface area contributed by atoms with Gasteiger partial charge in [0.25, 0.3) is 5.91 Å². The summed E-state index contributed by atoms with van der Waals surface area (Å²) in [5.74, 6) is -0.301. The Bertz CT molecular complexity index is 1400. The van der Waals surface area contributed by atoms with Crippen LogP contribution in [0.15, 0.2) is 46.1 Å². The van der Waals surface area contributed by atoms with Crippen LogP contribution in [0.3, 0.4) is 0 Å². The number of nitrogens with zero attached hydrogens (tertiary/aromatic N) is 6. The monoisotopic (exact) mass is 514 g/mol. The van der Waals surface area contributed by atoms with E-state index in [1.807, 2.05) is 6.92 Å². The summed E-state index contributed by atoms with van der Waals surface area (Å²) in [6, 6.07) is 9.41. The van der Waals surface area contributed by atoms with E-state index < -0.39 is 11.7 Å². The Kier molecular flexibility index (Phi) is 7.39. The number of carbonyl (C=O) groups is 1. The summed E-state index contributed by atoms with van der Waals surface area (Å²) in [5.41, 5.74) is 9.30. The van der Waals surface area contributed by atoms with Gasteiger partial charge >= 0.3 is 0 Å². The number of hydrogen-bond donors (Lipinski definition) is 2. The molecule has 0 radical (unpaired) electrons. The average Bonchev–Trinajstić information content (AvgIpc) is 3.44. The molecule has 0 saturated heterocycles. The zero-order valence-electron chi connectivity index (χ0n) is 19.1. The Hall–Kier alpha value is -4.52. The maximum atomic E-state index is 14.0. The molecular weight excluding hydrogens is 495 g/mol. The van der Waals surface area contributed by atoms with Crippen LogP contribution in [0.5, 0.6) is 11.5 Å². The molecule has 36 heavy (non-hydrogen) atoms.